The second-order valence-electron chi connectivity index (χ2n) is 4.15. The molecule has 1 heterocycles. The molecule has 6 heteroatoms. The van der Waals surface area contributed by atoms with Crippen LogP contribution in [0.2, 0.25) is 0 Å². The summed E-state index contributed by atoms with van der Waals surface area (Å²) >= 11 is 0. The minimum absolute atomic E-state index is 0.0369. The molecular formula is C13H14N2O4. The van der Waals surface area contributed by atoms with E-state index in [9.17, 15) is 14.9 Å². The van der Waals surface area contributed by atoms with Crippen LogP contribution >= 0.6 is 0 Å². The van der Waals surface area contributed by atoms with E-state index in [2.05, 4.69) is 0 Å². The molecule has 0 fully saturated rings. The van der Waals surface area contributed by atoms with Crippen molar-refractivity contribution in [1.82, 2.24) is 4.73 Å². The Morgan fingerprint density at radius 3 is 2.79 bits per heavy atom. The zero-order chi connectivity index (χ0) is 14.0. The second kappa shape index (κ2) is 5.09. The Kier molecular flexibility index (Phi) is 3.50. The van der Waals surface area contributed by atoms with Gasteiger partial charge >= 0.3 is 11.7 Å². The minimum Gasteiger partial charge on any atom is -0.805 e. The molecule has 0 bridgehead atoms. The minimum atomic E-state index is -0.773. The molecule has 2 rings (SSSR count). The average Bonchev–Trinajstić information content (AvgIpc) is 2.43. The van der Waals surface area contributed by atoms with Gasteiger partial charge in [0.25, 0.3) is 5.52 Å². The lowest BCUT2D eigenvalue weighted by molar-refractivity contribution is -0.469. The molecule has 0 unspecified atom stereocenters. The number of aromatic nitrogens is 2. The Hall–Kier alpha value is -2.37. The summed E-state index contributed by atoms with van der Waals surface area (Å²) in [6.07, 6.45) is 0.647. The molecule has 0 aliphatic rings. The Morgan fingerprint density at radius 1 is 1.42 bits per heavy atom. The maximum atomic E-state index is 12.2. The molecule has 0 aliphatic carbocycles. The molecule has 0 aliphatic heterocycles. The summed E-state index contributed by atoms with van der Waals surface area (Å²) in [5.41, 5.74) is 0.144. The highest BCUT2D eigenvalue weighted by Crippen LogP contribution is 2.14. The van der Waals surface area contributed by atoms with Crippen LogP contribution in [0.1, 0.15) is 29.5 Å². The van der Waals surface area contributed by atoms with Crippen molar-refractivity contribution in [2.45, 2.75) is 20.3 Å². The van der Waals surface area contributed by atoms with Gasteiger partial charge in [-0.3, -0.25) is 0 Å². The predicted octanol–water partition coefficient (Wildman–Crippen LogP) is 1.78. The first-order chi connectivity index (χ1) is 9.07. The maximum Gasteiger partial charge on any atom is 0.410 e. The molecule has 0 amide bonds. The molecule has 0 spiro atoms. The van der Waals surface area contributed by atoms with E-state index in [0.717, 1.165) is 0 Å². The Balaban J connectivity index is 2.68. The fourth-order valence-corrected chi connectivity index (χ4v) is 1.85. The van der Waals surface area contributed by atoms with Gasteiger partial charge in [0.15, 0.2) is 0 Å². The van der Waals surface area contributed by atoms with E-state index in [1.54, 1.807) is 12.1 Å². The van der Waals surface area contributed by atoms with E-state index < -0.39 is 5.97 Å². The monoisotopic (exact) mass is 262 g/mol. The van der Waals surface area contributed by atoms with E-state index >= 15 is 0 Å². The molecule has 1 aromatic heterocycles. The van der Waals surface area contributed by atoms with Gasteiger partial charge in [-0.2, -0.15) is 0 Å². The Bertz CT molecular complexity index is 691. The van der Waals surface area contributed by atoms with Crippen LogP contribution in [0.4, 0.5) is 0 Å². The summed E-state index contributed by atoms with van der Waals surface area (Å²) in [6, 6.07) is 6.32. The van der Waals surface area contributed by atoms with E-state index in [-0.39, 0.29) is 29.0 Å². The van der Waals surface area contributed by atoms with Gasteiger partial charge < -0.3 is 14.7 Å². The van der Waals surface area contributed by atoms with Gasteiger partial charge in [-0.1, -0.05) is 19.1 Å². The first-order valence-corrected chi connectivity index (χ1v) is 5.99. The number of hydrogen-bond acceptors (Lipinski definition) is 4. The molecule has 100 valence electrons. The van der Waals surface area contributed by atoms with Crippen molar-refractivity contribution in [2.24, 2.45) is 0 Å². The predicted molar refractivity (Wildman–Crippen MR) is 69.4 cm³/mol. The van der Waals surface area contributed by atoms with Gasteiger partial charge in [0.2, 0.25) is 0 Å². The van der Waals surface area contributed by atoms with Crippen LogP contribution < -0.4 is 4.43 Å². The van der Waals surface area contributed by atoms with E-state index in [1.807, 2.05) is 6.92 Å². The zero-order valence-electron chi connectivity index (χ0n) is 10.8. The molecule has 19 heavy (non-hydrogen) atoms. The van der Waals surface area contributed by atoms with Crippen LogP contribution in [0.25, 0.3) is 11.0 Å². The lowest BCUT2D eigenvalue weighted by Crippen LogP contribution is -2.31. The average molecular weight is 262 g/mol. The van der Waals surface area contributed by atoms with Crippen molar-refractivity contribution in [3.8, 4) is 0 Å². The van der Waals surface area contributed by atoms with Crippen LogP contribution in [-0.2, 0) is 4.74 Å². The van der Waals surface area contributed by atoms with Crippen LogP contribution in [0, 0.1) is 17.0 Å². The van der Waals surface area contributed by atoms with Gasteiger partial charge in [0.05, 0.1) is 16.7 Å². The number of hydrogen-bond donors (Lipinski definition) is 0. The number of para-hydroxylation sites is 2. The summed E-state index contributed by atoms with van der Waals surface area (Å²) in [6.45, 7) is 3.49. The topological polar surface area (TPSA) is 77.3 Å². The number of carbonyl (C=O) groups excluding carboxylic acids is 1. The molecule has 0 N–H and O–H groups in total. The number of nitrogens with zero attached hydrogens (tertiary/aromatic N) is 2. The fraction of sp³-hybridized carbons (Fsp3) is 0.308. The lowest BCUT2D eigenvalue weighted by Gasteiger charge is -2.15. The smallest absolute Gasteiger partial charge is 0.410 e. The van der Waals surface area contributed by atoms with Crippen molar-refractivity contribution in [2.75, 3.05) is 6.61 Å². The van der Waals surface area contributed by atoms with E-state index in [0.29, 0.717) is 15.6 Å². The summed E-state index contributed by atoms with van der Waals surface area (Å²) in [7, 11) is 0. The third kappa shape index (κ3) is 2.16. The molecule has 2 aromatic rings. The zero-order valence-corrected chi connectivity index (χ0v) is 10.8. The van der Waals surface area contributed by atoms with E-state index in [1.165, 1.54) is 19.1 Å². The first kappa shape index (κ1) is 13.1. The highest BCUT2D eigenvalue weighted by atomic mass is 16.5. The quantitative estimate of drug-likeness (QED) is 0.624. The van der Waals surface area contributed by atoms with Gasteiger partial charge in [0.1, 0.15) is 5.52 Å². The number of carbonyl (C=O) groups is 1. The highest BCUT2D eigenvalue weighted by Gasteiger charge is 2.27. The summed E-state index contributed by atoms with van der Waals surface area (Å²) in [4.78, 5) is 24.0. The second-order valence-corrected chi connectivity index (χ2v) is 4.15. The van der Waals surface area contributed by atoms with Crippen LogP contribution in [0.3, 0.4) is 0 Å². The summed E-state index contributed by atoms with van der Waals surface area (Å²) in [5, 5.41) is 12.0. The SMILES string of the molecule is CCCOC(=O)c1c(C)n([O-])c2ccccc2[n+]1=O. The van der Waals surface area contributed by atoms with Gasteiger partial charge in [-0.05, 0) is 19.4 Å². The Labute approximate surface area is 109 Å². The van der Waals surface area contributed by atoms with Crippen molar-refractivity contribution >= 4 is 17.0 Å². The van der Waals surface area contributed by atoms with Crippen molar-refractivity contribution < 1.29 is 14.0 Å². The number of benzene rings is 1. The summed E-state index contributed by atoms with van der Waals surface area (Å²) in [5.74, 6) is -0.773. The molecule has 0 atom stereocenters. The largest absolute Gasteiger partial charge is 0.805 e. The highest BCUT2D eigenvalue weighted by molar-refractivity contribution is 5.88. The van der Waals surface area contributed by atoms with Crippen LogP contribution in [0.15, 0.2) is 24.3 Å². The lowest BCUT2D eigenvalue weighted by atomic mass is 10.2. The molecule has 1 aromatic carbocycles. The molecule has 0 saturated carbocycles. The van der Waals surface area contributed by atoms with Crippen molar-refractivity contribution in [3.63, 3.8) is 0 Å². The first-order valence-electron chi connectivity index (χ1n) is 5.99. The van der Waals surface area contributed by atoms with E-state index in [4.69, 9.17) is 4.74 Å². The molecule has 6 nitrogen and oxygen atoms in total. The number of rotatable bonds is 3. The number of fused-ring (bicyclic) bond motifs is 1. The fourth-order valence-electron chi connectivity index (χ4n) is 1.85. The van der Waals surface area contributed by atoms with Crippen molar-refractivity contribution in [1.29, 1.82) is 0 Å². The molecular weight excluding hydrogens is 248 g/mol. The third-order valence-electron chi connectivity index (χ3n) is 2.80. The Morgan fingerprint density at radius 2 is 2.11 bits per heavy atom. The molecule has 0 saturated heterocycles. The van der Waals surface area contributed by atoms with Gasteiger partial charge in [-0.15, -0.1) is 0 Å². The van der Waals surface area contributed by atoms with Gasteiger partial charge in [-0.25, -0.2) is 4.79 Å². The summed E-state index contributed by atoms with van der Waals surface area (Å²) < 4.78 is 5.96. The standard InChI is InChI=1S/C13H14N2O4/c1-3-8-19-13(16)12-9(2)14(17)10-6-4-5-7-11(10)15(12)18/h4-7H,3,8H2,1-2H3. The number of esters is 1. The maximum absolute atomic E-state index is 12.2. The number of ether oxygens (including phenoxy) is 1. The van der Waals surface area contributed by atoms with Crippen LogP contribution in [0.5, 0.6) is 0 Å². The van der Waals surface area contributed by atoms with Crippen LogP contribution in [-0.4, -0.2) is 17.3 Å². The third-order valence-corrected chi connectivity index (χ3v) is 2.80. The van der Waals surface area contributed by atoms with Gasteiger partial charge in [0, 0.05) is 11.0 Å². The van der Waals surface area contributed by atoms with Crippen molar-refractivity contribution in [3.05, 3.63) is 45.8 Å². The molecule has 0 radical (unpaired) electrons. The normalized spacial score (nSPS) is 10.6.